The van der Waals surface area contributed by atoms with E-state index in [2.05, 4.69) is 37.5 Å². The second kappa shape index (κ2) is 10.6. The molecule has 204 valence electrons. The van der Waals surface area contributed by atoms with Crippen molar-refractivity contribution < 1.29 is 14.7 Å². The number of amides is 2. The van der Waals surface area contributed by atoms with E-state index in [-0.39, 0.29) is 23.4 Å². The van der Waals surface area contributed by atoms with E-state index in [1.807, 2.05) is 51.1 Å². The van der Waals surface area contributed by atoms with Crippen LogP contribution in [0.25, 0.3) is 22.2 Å². The normalized spacial score (nSPS) is 16.6. The Labute approximate surface area is 231 Å². The van der Waals surface area contributed by atoms with Gasteiger partial charge in [0.15, 0.2) is 0 Å². The van der Waals surface area contributed by atoms with Crippen LogP contribution in [0.2, 0.25) is 0 Å². The fraction of sp³-hybridized carbons (Fsp3) is 0.241. The number of aromatic nitrogens is 4. The smallest absolute Gasteiger partial charge is 0.407 e. The molecule has 11 heteroatoms. The van der Waals surface area contributed by atoms with Crippen LogP contribution in [0.4, 0.5) is 27.9 Å². The van der Waals surface area contributed by atoms with E-state index in [1.165, 1.54) is 11.0 Å². The molecule has 1 fully saturated rings. The molecule has 0 saturated carbocycles. The lowest BCUT2D eigenvalue weighted by molar-refractivity contribution is -0.111. The summed E-state index contributed by atoms with van der Waals surface area (Å²) in [6.07, 6.45) is 5.34. The Morgan fingerprint density at radius 3 is 2.60 bits per heavy atom. The number of carboxylic acid groups (broad SMARTS) is 1. The van der Waals surface area contributed by atoms with Crippen molar-refractivity contribution in [3.05, 3.63) is 73.7 Å². The number of hydrogen-bond acceptors (Lipinski definition) is 8. The number of pyridine rings is 2. The highest BCUT2D eigenvalue weighted by Crippen LogP contribution is 2.35. The van der Waals surface area contributed by atoms with Gasteiger partial charge in [0.05, 0.1) is 35.2 Å². The van der Waals surface area contributed by atoms with E-state index in [9.17, 15) is 14.7 Å². The van der Waals surface area contributed by atoms with Crippen molar-refractivity contribution in [3.63, 3.8) is 0 Å². The molecule has 40 heavy (non-hydrogen) atoms. The third kappa shape index (κ3) is 5.53. The van der Waals surface area contributed by atoms with Crippen molar-refractivity contribution in [2.75, 3.05) is 22.5 Å². The van der Waals surface area contributed by atoms with Crippen molar-refractivity contribution in [2.24, 2.45) is 5.41 Å². The van der Waals surface area contributed by atoms with Gasteiger partial charge in [-0.05, 0) is 35.8 Å². The summed E-state index contributed by atoms with van der Waals surface area (Å²) in [5.74, 6) is 0.746. The minimum atomic E-state index is -0.910. The fourth-order valence-electron chi connectivity index (χ4n) is 4.94. The van der Waals surface area contributed by atoms with E-state index in [4.69, 9.17) is 4.98 Å². The van der Waals surface area contributed by atoms with Gasteiger partial charge in [0, 0.05) is 35.6 Å². The highest BCUT2D eigenvalue weighted by molar-refractivity contribution is 5.99. The lowest BCUT2D eigenvalue weighted by Crippen LogP contribution is -2.69. The van der Waals surface area contributed by atoms with Crippen LogP contribution in [-0.2, 0) is 4.79 Å². The predicted molar refractivity (Wildman–Crippen MR) is 154 cm³/mol. The monoisotopic (exact) mass is 538 g/mol. The van der Waals surface area contributed by atoms with Gasteiger partial charge in [0.1, 0.15) is 5.82 Å². The standard InChI is InChI=1S/C29H30N8O3/c1-5-24(38)33-18-11-12-30-21(13-18)20-8-6-7-17-14-32-27(36-25(17)20)34-19-9-10-23(31-15-19)35-22-16-37(28(39)40)26(22)29(2,3)4/h5-15,22,26H,1,16H2,2-4H3,(H,31,35)(H,39,40)(H,30,33,38)(H,32,34,36). The molecule has 0 bridgehead atoms. The molecule has 0 spiro atoms. The van der Waals surface area contributed by atoms with Crippen LogP contribution in [0.5, 0.6) is 0 Å². The van der Waals surface area contributed by atoms with Crippen molar-refractivity contribution in [1.82, 2.24) is 24.8 Å². The quantitative estimate of drug-likeness (QED) is 0.235. The molecule has 1 aliphatic rings. The Bertz CT molecular complexity index is 1580. The minimum absolute atomic E-state index is 0.0261. The van der Waals surface area contributed by atoms with Crippen LogP contribution in [0.15, 0.2) is 73.7 Å². The summed E-state index contributed by atoms with van der Waals surface area (Å²) in [6.45, 7) is 9.99. The Balaban J connectivity index is 1.33. The highest BCUT2D eigenvalue weighted by Gasteiger charge is 2.48. The molecule has 2 amide bonds. The molecule has 2 atom stereocenters. The van der Waals surface area contributed by atoms with Crippen LogP contribution < -0.4 is 16.0 Å². The first-order valence-electron chi connectivity index (χ1n) is 12.8. The van der Waals surface area contributed by atoms with Crippen LogP contribution >= 0.6 is 0 Å². The first kappa shape index (κ1) is 26.5. The summed E-state index contributed by atoms with van der Waals surface area (Å²) in [5.41, 5.74) is 3.23. The first-order chi connectivity index (χ1) is 19.1. The highest BCUT2D eigenvalue weighted by atomic mass is 16.4. The second-order valence-corrected chi connectivity index (χ2v) is 10.6. The summed E-state index contributed by atoms with van der Waals surface area (Å²) in [6, 6.07) is 12.8. The lowest BCUT2D eigenvalue weighted by atomic mass is 9.76. The van der Waals surface area contributed by atoms with Crippen molar-refractivity contribution in [1.29, 1.82) is 0 Å². The molecule has 1 aliphatic heterocycles. The number of benzene rings is 1. The number of nitrogens with zero attached hydrogens (tertiary/aromatic N) is 5. The zero-order chi connectivity index (χ0) is 28.4. The number of fused-ring (bicyclic) bond motifs is 1. The summed E-state index contributed by atoms with van der Waals surface area (Å²) >= 11 is 0. The topological polar surface area (TPSA) is 145 Å². The molecule has 0 radical (unpaired) electrons. The Kier molecular flexibility index (Phi) is 7.03. The number of carbonyl (C=O) groups excluding carboxylic acids is 1. The molecular formula is C29H30N8O3. The molecule has 2 unspecified atom stereocenters. The lowest BCUT2D eigenvalue weighted by Gasteiger charge is -2.52. The third-order valence-electron chi connectivity index (χ3n) is 6.70. The number of anilines is 4. The molecule has 4 heterocycles. The Morgan fingerprint density at radius 2 is 1.90 bits per heavy atom. The van der Waals surface area contributed by atoms with Crippen LogP contribution in [0.3, 0.4) is 0 Å². The van der Waals surface area contributed by atoms with Gasteiger partial charge in [0.25, 0.3) is 0 Å². The van der Waals surface area contributed by atoms with Gasteiger partial charge >= 0.3 is 6.09 Å². The summed E-state index contributed by atoms with van der Waals surface area (Å²) < 4.78 is 0. The summed E-state index contributed by atoms with van der Waals surface area (Å²) in [7, 11) is 0. The van der Waals surface area contributed by atoms with Crippen LogP contribution in [-0.4, -0.2) is 60.6 Å². The zero-order valence-electron chi connectivity index (χ0n) is 22.4. The molecule has 5 rings (SSSR count). The Hall–Kier alpha value is -5.06. The molecule has 3 aromatic heterocycles. The van der Waals surface area contributed by atoms with Gasteiger partial charge in [0.2, 0.25) is 11.9 Å². The van der Waals surface area contributed by atoms with Gasteiger partial charge in [-0.2, -0.15) is 0 Å². The average molecular weight is 539 g/mol. The zero-order valence-corrected chi connectivity index (χ0v) is 22.4. The molecular weight excluding hydrogens is 508 g/mol. The third-order valence-corrected chi connectivity index (χ3v) is 6.70. The van der Waals surface area contributed by atoms with Crippen molar-refractivity contribution >= 4 is 46.0 Å². The molecule has 4 N–H and O–H groups in total. The summed E-state index contributed by atoms with van der Waals surface area (Å²) in [4.78, 5) is 42.9. The largest absolute Gasteiger partial charge is 0.465 e. The van der Waals surface area contributed by atoms with E-state index in [1.54, 1.807) is 30.7 Å². The van der Waals surface area contributed by atoms with Gasteiger partial charge in [-0.25, -0.2) is 19.7 Å². The first-order valence-corrected chi connectivity index (χ1v) is 12.8. The number of para-hydroxylation sites is 1. The molecule has 1 aromatic carbocycles. The number of carbonyl (C=O) groups is 2. The fourth-order valence-corrected chi connectivity index (χ4v) is 4.94. The van der Waals surface area contributed by atoms with E-state index >= 15 is 0 Å². The molecule has 11 nitrogen and oxygen atoms in total. The van der Waals surface area contributed by atoms with Crippen molar-refractivity contribution in [3.8, 4) is 11.3 Å². The number of nitrogens with one attached hydrogen (secondary N) is 3. The Morgan fingerprint density at radius 1 is 1.07 bits per heavy atom. The van der Waals surface area contributed by atoms with Gasteiger partial charge in [-0.15, -0.1) is 0 Å². The van der Waals surface area contributed by atoms with Gasteiger partial charge < -0.3 is 26.0 Å². The predicted octanol–water partition coefficient (Wildman–Crippen LogP) is 5.14. The van der Waals surface area contributed by atoms with Gasteiger partial charge in [-0.1, -0.05) is 45.5 Å². The van der Waals surface area contributed by atoms with Gasteiger partial charge in [-0.3, -0.25) is 9.78 Å². The molecule has 4 aromatic rings. The maximum absolute atomic E-state index is 11.7. The number of likely N-dealkylation sites (tertiary alicyclic amines) is 1. The number of rotatable bonds is 7. The maximum Gasteiger partial charge on any atom is 0.407 e. The second-order valence-electron chi connectivity index (χ2n) is 10.6. The van der Waals surface area contributed by atoms with E-state index in [0.29, 0.717) is 40.9 Å². The van der Waals surface area contributed by atoms with Crippen LogP contribution in [0.1, 0.15) is 20.8 Å². The summed E-state index contributed by atoms with van der Waals surface area (Å²) in [5, 5.41) is 19.6. The van der Waals surface area contributed by atoms with E-state index in [0.717, 1.165) is 10.9 Å². The SMILES string of the molecule is C=CC(=O)Nc1ccnc(-c2cccc3cnc(Nc4ccc(NC5CN(C(=O)O)C5C(C)(C)C)nc4)nc23)c1. The number of hydrogen-bond donors (Lipinski definition) is 4. The minimum Gasteiger partial charge on any atom is -0.465 e. The van der Waals surface area contributed by atoms with Crippen LogP contribution in [0, 0.1) is 5.41 Å². The van der Waals surface area contributed by atoms with E-state index < -0.39 is 6.09 Å². The molecule has 0 aliphatic carbocycles. The maximum atomic E-state index is 11.7. The van der Waals surface area contributed by atoms with Crippen molar-refractivity contribution in [2.45, 2.75) is 32.9 Å². The molecule has 1 saturated heterocycles. The average Bonchev–Trinajstić information content (AvgIpc) is 2.90.